The van der Waals surface area contributed by atoms with Crippen molar-refractivity contribution >= 4 is 27.3 Å². The minimum Gasteiger partial charge on any atom is -0.495 e. The summed E-state index contributed by atoms with van der Waals surface area (Å²) in [6.07, 6.45) is 0. The molecule has 0 unspecified atom stereocenters. The number of methoxy groups -OCH3 is 1. The maximum atomic E-state index is 13.0. The van der Waals surface area contributed by atoms with Crippen LogP contribution in [0.5, 0.6) is 5.75 Å². The van der Waals surface area contributed by atoms with E-state index in [2.05, 4.69) is 5.32 Å². The first-order chi connectivity index (χ1) is 14.2. The van der Waals surface area contributed by atoms with Crippen LogP contribution >= 0.6 is 0 Å². The number of benzene rings is 3. The number of carbonyl (C=O) groups excluding carboxylic acids is 1. The van der Waals surface area contributed by atoms with Gasteiger partial charge in [-0.15, -0.1) is 0 Å². The van der Waals surface area contributed by atoms with Crippen LogP contribution in [0, 0.1) is 13.8 Å². The van der Waals surface area contributed by atoms with E-state index in [9.17, 15) is 13.2 Å². The zero-order chi connectivity index (χ0) is 21.9. The smallest absolute Gasteiger partial charge is 0.264 e. The van der Waals surface area contributed by atoms with Crippen molar-refractivity contribution in [1.29, 1.82) is 0 Å². The fraction of sp³-hybridized carbons (Fsp3) is 0.174. The minimum atomic E-state index is -3.82. The predicted molar refractivity (Wildman–Crippen MR) is 119 cm³/mol. The zero-order valence-corrected chi connectivity index (χ0v) is 18.2. The Bertz CT molecular complexity index is 1170. The second kappa shape index (κ2) is 8.59. The molecule has 0 aliphatic rings. The summed E-state index contributed by atoms with van der Waals surface area (Å²) in [5.41, 5.74) is 3.59. The molecular weight excluding hydrogens is 400 g/mol. The van der Waals surface area contributed by atoms with Gasteiger partial charge in [-0.1, -0.05) is 29.8 Å². The van der Waals surface area contributed by atoms with Crippen molar-refractivity contribution in [3.05, 3.63) is 83.4 Å². The average Bonchev–Trinajstić information content (AvgIpc) is 2.75. The van der Waals surface area contributed by atoms with Crippen LogP contribution in [-0.4, -0.2) is 28.5 Å². The highest BCUT2D eigenvalue weighted by molar-refractivity contribution is 7.92. The third-order valence-electron chi connectivity index (χ3n) is 4.83. The SMILES string of the molecule is COc1ccccc1N(C)S(=O)(=O)c1ccc(C(=O)Nc2ccc(C)cc2C)cc1. The highest BCUT2D eigenvalue weighted by Crippen LogP contribution is 2.31. The number of nitrogens with one attached hydrogen (secondary N) is 1. The average molecular weight is 425 g/mol. The van der Waals surface area contributed by atoms with Gasteiger partial charge in [-0.25, -0.2) is 8.42 Å². The molecule has 30 heavy (non-hydrogen) atoms. The van der Waals surface area contributed by atoms with Crippen molar-refractivity contribution < 1.29 is 17.9 Å². The normalized spacial score (nSPS) is 11.1. The summed E-state index contributed by atoms with van der Waals surface area (Å²) in [5.74, 6) is 0.150. The molecule has 0 saturated heterocycles. The van der Waals surface area contributed by atoms with E-state index >= 15 is 0 Å². The maximum absolute atomic E-state index is 13.0. The zero-order valence-electron chi connectivity index (χ0n) is 17.3. The van der Waals surface area contributed by atoms with Crippen LogP contribution in [-0.2, 0) is 10.0 Å². The van der Waals surface area contributed by atoms with Gasteiger partial charge in [0, 0.05) is 18.3 Å². The maximum Gasteiger partial charge on any atom is 0.264 e. The van der Waals surface area contributed by atoms with Crippen LogP contribution in [0.1, 0.15) is 21.5 Å². The summed E-state index contributed by atoms with van der Waals surface area (Å²) in [5, 5.41) is 2.86. The molecule has 0 aliphatic carbocycles. The summed E-state index contributed by atoms with van der Waals surface area (Å²) in [6.45, 7) is 3.91. The van der Waals surface area contributed by atoms with Crippen LogP contribution in [0.4, 0.5) is 11.4 Å². The summed E-state index contributed by atoms with van der Waals surface area (Å²) in [7, 11) is -0.861. The third-order valence-corrected chi connectivity index (χ3v) is 6.62. The van der Waals surface area contributed by atoms with Gasteiger partial charge in [0.05, 0.1) is 17.7 Å². The van der Waals surface area contributed by atoms with Crippen LogP contribution in [0.3, 0.4) is 0 Å². The number of carbonyl (C=O) groups is 1. The van der Waals surface area contributed by atoms with Crippen LogP contribution in [0.15, 0.2) is 71.6 Å². The number of hydrogen-bond acceptors (Lipinski definition) is 4. The van der Waals surface area contributed by atoms with Gasteiger partial charge in [0.2, 0.25) is 0 Å². The largest absolute Gasteiger partial charge is 0.495 e. The third kappa shape index (κ3) is 4.31. The van der Waals surface area contributed by atoms with E-state index in [1.807, 2.05) is 32.0 Å². The summed E-state index contributed by atoms with van der Waals surface area (Å²) < 4.78 is 32.5. The van der Waals surface area contributed by atoms with Gasteiger partial charge < -0.3 is 10.1 Å². The lowest BCUT2D eigenvalue weighted by atomic mass is 10.1. The molecule has 3 aromatic rings. The second-order valence-corrected chi connectivity index (χ2v) is 8.91. The Morgan fingerprint density at radius 3 is 2.27 bits per heavy atom. The molecule has 0 bridgehead atoms. The van der Waals surface area contributed by atoms with Gasteiger partial charge in [-0.3, -0.25) is 9.10 Å². The molecule has 0 saturated carbocycles. The van der Waals surface area contributed by atoms with Crippen molar-refractivity contribution in [2.75, 3.05) is 23.8 Å². The van der Waals surface area contributed by atoms with E-state index in [0.717, 1.165) is 21.1 Å². The fourth-order valence-corrected chi connectivity index (χ4v) is 4.31. The number of hydrogen-bond donors (Lipinski definition) is 1. The van der Waals surface area contributed by atoms with E-state index in [-0.39, 0.29) is 10.8 Å². The number of ether oxygens (including phenoxy) is 1. The highest BCUT2D eigenvalue weighted by atomic mass is 32.2. The molecule has 156 valence electrons. The molecular formula is C23H24N2O4S. The molecule has 0 aliphatic heterocycles. The molecule has 1 amide bonds. The molecule has 1 N–H and O–H groups in total. The van der Waals surface area contributed by atoms with E-state index in [0.29, 0.717) is 17.0 Å². The lowest BCUT2D eigenvalue weighted by Gasteiger charge is -2.21. The number of aryl methyl sites for hydroxylation is 2. The van der Waals surface area contributed by atoms with E-state index in [4.69, 9.17) is 4.74 Å². The molecule has 0 radical (unpaired) electrons. The Balaban J connectivity index is 1.82. The molecule has 0 aromatic heterocycles. The Hall–Kier alpha value is -3.32. The predicted octanol–water partition coefficient (Wildman–Crippen LogP) is 4.39. The molecule has 3 rings (SSSR count). The van der Waals surface area contributed by atoms with Crippen molar-refractivity contribution in [3.63, 3.8) is 0 Å². The summed E-state index contributed by atoms with van der Waals surface area (Å²) in [6, 6.07) is 18.5. The van der Waals surface area contributed by atoms with Gasteiger partial charge in [-0.2, -0.15) is 0 Å². The van der Waals surface area contributed by atoms with Crippen molar-refractivity contribution in [2.45, 2.75) is 18.7 Å². The Kier molecular flexibility index (Phi) is 6.12. The Labute approximate surface area is 177 Å². The molecule has 3 aromatic carbocycles. The number of nitrogens with zero attached hydrogens (tertiary/aromatic N) is 1. The van der Waals surface area contributed by atoms with Crippen molar-refractivity contribution in [3.8, 4) is 5.75 Å². The lowest BCUT2D eigenvalue weighted by molar-refractivity contribution is 0.102. The summed E-state index contributed by atoms with van der Waals surface area (Å²) in [4.78, 5) is 12.6. The van der Waals surface area contributed by atoms with E-state index < -0.39 is 10.0 Å². The molecule has 0 heterocycles. The van der Waals surface area contributed by atoms with Crippen LogP contribution in [0.2, 0.25) is 0 Å². The Morgan fingerprint density at radius 1 is 0.967 bits per heavy atom. The monoisotopic (exact) mass is 424 g/mol. The fourth-order valence-electron chi connectivity index (χ4n) is 3.10. The van der Waals surface area contributed by atoms with Crippen molar-refractivity contribution in [2.24, 2.45) is 0 Å². The van der Waals surface area contributed by atoms with E-state index in [1.165, 1.54) is 38.4 Å². The topological polar surface area (TPSA) is 75.7 Å². The molecule has 0 atom stereocenters. The van der Waals surface area contributed by atoms with Gasteiger partial charge in [-0.05, 0) is 61.9 Å². The molecule has 0 fully saturated rings. The van der Waals surface area contributed by atoms with Crippen LogP contribution < -0.4 is 14.4 Å². The lowest BCUT2D eigenvalue weighted by Crippen LogP contribution is -2.27. The quantitative estimate of drug-likeness (QED) is 0.637. The molecule has 7 heteroatoms. The number of amides is 1. The first-order valence-electron chi connectivity index (χ1n) is 9.34. The van der Waals surface area contributed by atoms with Gasteiger partial charge in [0.1, 0.15) is 5.75 Å². The first kappa shape index (κ1) is 21.4. The minimum absolute atomic E-state index is 0.0824. The highest BCUT2D eigenvalue weighted by Gasteiger charge is 2.24. The number of rotatable bonds is 6. The number of anilines is 2. The second-order valence-electron chi connectivity index (χ2n) is 6.94. The van der Waals surface area contributed by atoms with Gasteiger partial charge in [0.15, 0.2) is 0 Å². The van der Waals surface area contributed by atoms with Crippen molar-refractivity contribution in [1.82, 2.24) is 0 Å². The standard InChI is InChI=1S/C23H24N2O4S/c1-16-9-14-20(17(2)15-16)24-23(26)18-10-12-19(13-11-18)30(27,28)25(3)21-7-5-6-8-22(21)29-4/h5-15H,1-4H3,(H,24,26). The van der Waals surface area contributed by atoms with Gasteiger partial charge in [0.25, 0.3) is 15.9 Å². The Morgan fingerprint density at radius 2 is 1.63 bits per heavy atom. The number of sulfonamides is 1. The number of para-hydroxylation sites is 2. The van der Waals surface area contributed by atoms with Gasteiger partial charge >= 0.3 is 0 Å². The first-order valence-corrected chi connectivity index (χ1v) is 10.8. The van der Waals surface area contributed by atoms with Crippen LogP contribution in [0.25, 0.3) is 0 Å². The summed E-state index contributed by atoms with van der Waals surface area (Å²) >= 11 is 0. The molecule has 0 spiro atoms. The van der Waals surface area contributed by atoms with E-state index in [1.54, 1.807) is 24.3 Å². The molecule has 6 nitrogen and oxygen atoms in total.